The van der Waals surface area contributed by atoms with Gasteiger partial charge in [0.25, 0.3) is 0 Å². The number of rotatable bonds is 4. The predicted octanol–water partition coefficient (Wildman–Crippen LogP) is 2.00. The normalized spacial score (nSPS) is 19.3. The molecule has 3 heterocycles. The number of nitrogens with one attached hydrogen (secondary N) is 3. The van der Waals surface area contributed by atoms with Crippen molar-refractivity contribution in [1.82, 2.24) is 20.6 Å². The van der Waals surface area contributed by atoms with Gasteiger partial charge in [0.05, 0.1) is 29.8 Å². The fraction of sp³-hybridized carbons (Fsp3) is 0.467. The van der Waals surface area contributed by atoms with Gasteiger partial charge in [-0.2, -0.15) is 0 Å². The van der Waals surface area contributed by atoms with Crippen LogP contribution in [0.5, 0.6) is 0 Å². The Kier molecular flexibility index (Phi) is 4.07. The maximum Gasteiger partial charge on any atom is 0.238 e. The molecule has 0 saturated heterocycles. The average molecular weight is 304 g/mol. The van der Waals surface area contributed by atoms with E-state index in [1.54, 1.807) is 17.7 Å². The summed E-state index contributed by atoms with van der Waals surface area (Å²) >= 11 is 1.69. The first-order valence-electron chi connectivity index (χ1n) is 7.23. The van der Waals surface area contributed by atoms with E-state index in [2.05, 4.69) is 40.5 Å². The molecule has 0 aliphatic carbocycles. The third-order valence-electron chi connectivity index (χ3n) is 3.86. The van der Waals surface area contributed by atoms with E-state index in [4.69, 9.17) is 0 Å². The minimum Gasteiger partial charge on any atom is -0.347 e. The van der Waals surface area contributed by atoms with Crippen LogP contribution in [0.2, 0.25) is 0 Å². The van der Waals surface area contributed by atoms with Crippen LogP contribution in [0.1, 0.15) is 36.2 Å². The summed E-state index contributed by atoms with van der Waals surface area (Å²) in [6.45, 7) is 4.92. The lowest BCUT2D eigenvalue weighted by molar-refractivity contribution is -0.124. The van der Waals surface area contributed by atoms with E-state index in [-0.39, 0.29) is 18.0 Å². The van der Waals surface area contributed by atoms with Gasteiger partial charge in [0, 0.05) is 17.8 Å². The van der Waals surface area contributed by atoms with Crippen molar-refractivity contribution in [3.05, 3.63) is 40.1 Å². The summed E-state index contributed by atoms with van der Waals surface area (Å²) < 4.78 is 0. The molecule has 3 N–H and O–H groups in total. The molecule has 2 unspecified atom stereocenters. The highest BCUT2D eigenvalue weighted by Gasteiger charge is 2.28. The molecular weight excluding hydrogens is 284 g/mol. The summed E-state index contributed by atoms with van der Waals surface area (Å²) in [4.78, 5) is 21.1. The third kappa shape index (κ3) is 3.01. The van der Waals surface area contributed by atoms with E-state index >= 15 is 0 Å². The van der Waals surface area contributed by atoms with E-state index in [1.807, 2.05) is 11.4 Å². The second-order valence-corrected chi connectivity index (χ2v) is 6.69. The van der Waals surface area contributed by atoms with Crippen LogP contribution in [-0.2, 0) is 17.8 Å². The van der Waals surface area contributed by atoms with Gasteiger partial charge in [0.2, 0.25) is 5.91 Å². The van der Waals surface area contributed by atoms with Crippen LogP contribution in [0.4, 0.5) is 0 Å². The average Bonchev–Trinajstić information content (AvgIpc) is 3.14. The highest BCUT2D eigenvalue weighted by molar-refractivity contribution is 7.10. The maximum atomic E-state index is 12.5. The van der Waals surface area contributed by atoms with Crippen LogP contribution in [0.15, 0.2) is 23.8 Å². The molecule has 0 saturated carbocycles. The van der Waals surface area contributed by atoms with Crippen molar-refractivity contribution in [2.45, 2.75) is 38.9 Å². The molecule has 6 heteroatoms. The van der Waals surface area contributed by atoms with Gasteiger partial charge in [-0.1, -0.05) is 19.9 Å². The fourth-order valence-corrected chi connectivity index (χ4v) is 3.59. The monoisotopic (exact) mass is 304 g/mol. The number of nitrogens with zero attached hydrogens (tertiary/aromatic N) is 1. The molecule has 3 rings (SSSR count). The summed E-state index contributed by atoms with van der Waals surface area (Å²) in [5, 5.41) is 8.50. The zero-order chi connectivity index (χ0) is 14.8. The van der Waals surface area contributed by atoms with E-state index in [0.29, 0.717) is 18.9 Å². The van der Waals surface area contributed by atoms with Gasteiger partial charge in [0.15, 0.2) is 0 Å². The molecular formula is C15H20N4OS. The first kappa shape index (κ1) is 14.3. The molecule has 2 aromatic rings. The first-order valence-corrected chi connectivity index (χ1v) is 8.11. The Morgan fingerprint density at radius 2 is 2.38 bits per heavy atom. The van der Waals surface area contributed by atoms with E-state index < -0.39 is 0 Å². The van der Waals surface area contributed by atoms with Gasteiger partial charge >= 0.3 is 0 Å². The van der Waals surface area contributed by atoms with Crippen LogP contribution in [0.25, 0.3) is 0 Å². The lowest BCUT2D eigenvalue weighted by Gasteiger charge is -2.27. The standard InChI is InChI=1S/C15H20N4OS/c1-9(2)14(13-4-3-5-21-13)19-15(20)11-6-10-12(7-16-11)18-8-17-10/h3-5,8-9,11,14,16H,6-7H2,1-2H3,(H,17,18)(H,19,20). The topological polar surface area (TPSA) is 69.8 Å². The van der Waals surface area contributed by atoms with Crippen LogP contribution < -0.4 is 10.6 Å². The molecule has 1 aliphatic rings. The van der Waals surface area contributed by atoms with E-state index in [1.165, 1.54) is 4.88 Å². The Morgan fingerprint density at radius 3 is 3.10 bits per heavy atom. The van der Waals surface area contributed by atoms with Crippen LogP contribution in [0, 0.1) is 5.92 Å². The number of carbonyl (C=O) groups is 1. The largest absolute Gasteiger partial charge is 0.347 e. The molecule has 0 aromatic carbocycles. The highest BCUT2D eigenvalue weighted by atomic mass is 32.1. The number of aromatic amines is 1. The summed E-state index contributed by atoms with van der Waals surface area (Å²) in [6, 6.07) is 3.97. The summed E-state index contributed by atoms with van der Waals surface area (Å²) in [5.41, 5.74) is 2.07. The SMILES string of the molecule is CC(C)C(NC(=O)C1Cc2nc[nH]c2CN1)c1cccs1. The van der Waals surface area contributed by atoms with Crippen molar-refractivity contribution >= 4 is 17.2 Å². The number of imidazole rings is 1. The van der Waals surface area contributed by atoms with Gasteiger partial charge in [-0.25, -0.2) is 4.98 Å². The summed E-state index contributed by atoms with van der Waals surface area (Å²) in [5.74, 6) is 0.410. The molecule has 0 bridgehead atoms. The molecule has 1 aliphatic heterocycles. The second-order valence-electron chi connectivity index (χ2n) is 5.71. The summed E-state index contributed by atoms with van der Waals surface area (Å²) in [6.07, 6.45) is 2.33. The molecule has 2 atom stereocenters. The van der Waals surface area contributed by atoms with Gasteiger partial charge in [0.1, 0.15) is 0 Å². The van der Waals surface area contributed by atoms with Crippen molar-refractivity contribution in [2.75, 3.05) is 0 Å². The first-order chi connectivity index (χ1) is 10.1. The van der Waals surface area contributed by atoms with Gasteiger partial charge in [-0.15, -0.1) is 11.3 Å². The lowest BCUT2D eigenvalue weighted by Crippen LogP contribution is -2.49. The molecule has 21 heavy (non-hydrogen) atoms. The van der Waals surface area contributed by atoms with Crippen LogP contribution >= 0.6 is 11.3 Å². The van der Waals surface area contributed by atoms with Crippen molar-refractivity contribution in [3.63, 3.8) is 0 Å². The molecule has 2 aromatic heterocycles. The Balaban J connectivity index is 1.68. The maximum absolute atomic E-state index is 12.5. The van der Waals surface area contributed by atoms with Gasteiger partial charge in [-0.3, -0.25) is 10.1 Å². The molecule has 0 radical (unpaired) electrons. The molecule has 0 fully saturated rings. The number of aromatic nitrogens is 2. The quantitative estimate of drug-likeness (QED) is 0.809. The number of carbonyl (C=O) groups excluding carboxylic acids is 1. The number of hydrogen-bond donors (Lipinski definition) is 3. The molecule has 1 amide bonds. The number of hydrogen-bond acceptors (Lipinski definition) is 4. The fourth-order valence-electron chi connectivity index (χ4n) is 2.64. The number of thiophene rings is 1. The predicted molar refractivity (Wildman–Crippen MR) is 83.0 cm³/mol. The zero-order valence-electron chi connectivity index (χ0n) is 12.2. The third-order valence-corrected chi connectivity index (χ3v) is 4.82. The number of H-pyrrole nitrogens is 1. The number of amides is 1. The Hall–Kier alpha value is -1.66. The Bertz CT molecular complexity index is 605. The lowest BCUT2D eigenvalue weighted by atomic mass is 10.00. The van der Waals surface area contributed by atoms with Gasteiger partial charge < -0.3 is 10.3 Å². The number of fused-ring (bicyclic) bond motifs is 1. The zero-order valence-corrected chi connectivity index (χ0v) is 13.0. The van der Waals surface area contributed by atoms with E-state index in [0.717, 1.165) is 11.4 Å². The van der Waals surface area contributed by atoms with Crippen molar-refractivity contribution in [1.29, 1.82) is 0 Å². The van der Waals surface area contributed by atoms with Crippen molar-refractivity contribution in [2.24, 2.45) is 5.92 Å². The van der Waals surface area contributed by atoms with Crippen molar-refractivity contribution in [3.8, 4) is 0 Å². The molecule has 0 spiro atoms. The molecule has 112 valence electrons. The Labute approximate surface area is 128 Å². The molecule has 5 nitrogen and oxygen atoms in total. The highest BCUT2D eigenvalue weighted by Crippen LogP contribution is 2.26. The minimum absolute atomic E-state index is 0.0516. The Morgan fingerprint density at radius 1 is 1.52 bits per heavy atom. The smallest absolute Gasteiger partial charge is 0.238 e. The van der Waals surface area contributed by atoms with Gasteiger partial charge in [-0.05, 0) is 17.4 Å². The minimum atomic E-state index is -0.206. The second kappa shape index (κ2) is 5.99. The summed E-state index contributed by atoms with van der Waals surface area (Å²) in [7, 11) is 0. The van der Waals surface area contributed by atoms with Crippen LogP contribution in [0.3, 0.4) is 0 Å². The van der Waals surface area contributed by atoms with Crippen LogP contribution in [-0.4, -0.2) is 21.9 Å². The van der Waals surface area contributed by atoms with E-state index in [9.17, 15) is 4.79 Å². The van der Waals surface area contributed by atoms with Crippen molar-refractivity contribution < 1.29 is 4.79 Å².